The molecule has 2 aromatic heterocycles. The van der Waals surface area contributed by atoms with Gasteiger partial charge in [0.25, 0.3) is 5.91 Å². The first kappa shape index (κ1) is 15.0. The molecular weight excluding hydrogens is 316 g/mol. The van der Waals surface area contributed by atoms with Gasteiger partial charge >= 0.3 is 5.97 Å². The zero-order valence-corrected chi connectivity index (χ0v) is 12.6. The van der Waals surface area contributed by atoms with Crippen LogP contribution >= 0.6 is 11.3 Å². The monoisotopic (exact) mass is 328 g/mol. The highest BCUT2D eigenvalue weighted by atomic mass is 32.1. The average molecular weight is 328 g/mol. The highest BCUT2D eigenvalue weighted by Crippen LogP contribution is 2.28. The van der Waals surface area contributed by atoms with Crippen molar-refractivity contribution in [3.8, 4) is 10.6 Å². The van der Waals surface area contributed by atoms with Crippen molar-refractivity contribution < 1.29 is 19.1 Å². The minimum Gasteiger partial charge on any atom is -0.479 e. The summed E-state index contributed by atoms with van der Waals surface area (Å²) in [7, 11) is 0. The van der Waals surface area contributed by atoms with Crippen LogP contribution in [-0.2, 0) is 4.79 Å². The summed E-state index contributed by atoms with van der Waals surface area (Å²) in [5, 5.41) is 13.7. The number of carboxylic acids is 1. The number of hydrogen-bond donors (Lipinski definition) is 2. The number of oxazole rings is 1. The zero-order valence-electron chi connectivity index (χ0n) is 11.8. The molecule has 0 saturated carbocycles. The third-order valence-electron chi connectivity index (χ3n) is 3.18. The molecule has 2 N–H and O–H groups in total. The molecular formula is C16H12N2O4S. The molecule has 0 aliphatic heterocycles. The summed E-state index contributed by atoms with van der Waals surface area (Å²) in [4.78, 5) is 28.5. The third kappa shape index (κ3) is 3.14. The Morgan fingerprint density at radius 2 is 1.96 bits per heavy atom. The molecule has 23 heavy (non-hydrogen) atoms. The van der Waals surface area contributed by atoms with Crippen LogP contribution in [0.5, 0.6) is 0 Å². The lowest BCUT2D eigenvalue weighted by molar-refractivity contribution is -0.139. The van der Waals surface area contributed by atoms with Crippen molar-refractivity contribution in [3.63, 3.8) is 0 Å². The Kier molecular flexibility index (Phi) is 4.20. The van der Waals surface area contributed by atoms with Gasteiger partial charge < -0.3 is 14.8 Å². The fraction of sp³-hybridized carbons (Fsp3) is 0.0625. The average Bonchev–Trinajstić information content (AvgIpc) is 3.23. The third-order valence-corrected chi connectivity index (χ3v) is 4.05. The van der Waals surface area contributed by atoms with Gasteiger partial charge in [0.05, 0.1) is 4.88 Å². The fourth-order valence-electron chi connectivity index (χ4n) is 2.12. The Balaban J connectivity index is 1.87. The molecule has 0 radical (unpaired) electrons. The van der Waals surface area contributed by atoms with E-state index < -0.39 is 17.9 Å². The van der Waals surface area contributed by atoms with E-state index >= 15 is 0 Å². The van der Waals surface area contributed by atoms with E-state index in [1.165, 1.54) is 17.7 Å². The van der Waals surface area contributed by atoms with Crippen LogP contribution in [0.2, 0.25) is 0 Å². The number of aliphatic carboxylic acids is 1. The van der Waals surface area contributed by atoms with Crippen LogP contribution in [-0.4, -0.2) is 22.0 Å². The second-order valence-electron chi connectivity index (χ2n) is 4.66. The number of hydrogen-bond acceptors (Lipinski definition) is 5. The first-order valence-corrected chi connectivity index (χ1v) is 7.61. The van der Waals surface area contributed by atoms with Gasteiger partial charge in [-0.1, -0.05) is 36.4 Å². The molecule has 0 saturated heterocycles. The molecule has 1 aromatic carbocycles. The van der Waals surface area contributed by atoms with Crippen LogP contribution in [0.3, 0.4) is 0 Å². The van der Waals surface area contributed by atoms with E-state index in [9.17, 15) is 14.7 Å². The molecule has 0 aliphatic carbocycles. The summed E-state index contributed by atoms with van der Waals surface area (Å²) in [6.45, 7) is 0. The van der Waals surface area contributed by atoms with Crippen molar-refractivity contribution in [2.75, 3.05) is 0 Å². The van der Waals surface area contributed by atoms with Gasteiger partial charge in [-0.3, -0.25) is 4.79 Å². The summed E-state index contributed by atoms with van der Waals surface area (Å²) in [6, 6.07) is 11.0. The Labute approximate surface area is 135 Å². The molecule has 7 heteroatoms. The number of carboxylic acid groups (broad SMARTS) is 1. The van der Waals surface area contributed by atoms with E-state index in [1.54, 1.807) is 36.4 Å². The first-order chi connectivity index (χ1) is 11.2. The summed E-state index contributed by atoms with van der Waals surface area (Å²) < 4.78 is 5.27. The molecule has 6 nitrogen and oxygen atoms in total. The summed E-state index contributed by atoms with van der Waals surface area (Å²) in [6.07, 6.45) is 1.17. The largest absolute Gasteiger partial charge is 0.479 e. The second kappa shape index (κ2) is 6.45. The summed E-state index contributed by atoms with van der Waals surface area (Å²) in [5.74, 6) is -1.42. The Bertz CT molecular complexity index is 812. The minimum atomic E-state index is -1.16. The number of carbonyl (C=O) groups excluding carboxylic acids is 1. The van der Waals surface area contributed by atoms with E-state index in [1.807, 2.05) is 11.4 Å². The van der Waals surface area contributed by atoms with Crippen molar-refractivity contribution in [3.05, 3.63) is 65.5 Å². The Morgan fingerprint density at radius 3 is 2.61 bits per heavy atom. The number of benzene rings is 1. The van der Waals surface area contributed by atoms with E-state index in [0.29, 0.717) is 11.3 Å². The molecule has 3 aromatic rings. The van der Waals surface area contributed by atoms with Crippen LogP contribution in [0.4, 0.5) is 0 Å². The predicted octanol–water partition coefficient (Wildman–Crippen LogP) is 2.96. The van der Waals surface area contributed by atoms with Crippen LogP contribution in [0.15, 0.2) is 58.7 Å². The topological polar surface area (TPSA) is 92.4 Å². The molecule has 0 bridgehead atoms. The fourth-order valence-corrected chi connectivity index (χ4v) is 2.84. The number of carbonyl (C=O) groups is 2. The Hall–Kier alpha value is -2.93. The minimum absolute atomic E-state index is 0.0645. The summed E-state index contributed by atoms with van der Waals surface area (Å²) >= 11 is 1.40. The highest BCUT2D eigenvalue weighted by Gasteiger charge is 2.26. The maximum Gasteiger partial charge on any atom is 0.330 e. The smallest absolute Gasteiger partial charge is 0.330 e. The molecule has 2 heterocycles. The van der Waals surface area contributed by atoms with Gasteiger partial charge in [0.2, 0.25) is 0 Å². The zero-order chi connectivity index (χ0) is 16.2. The molecule has 0 fully saturated rings. The van der Waals surface area contributed by atoms with Gasteiger partial charge in [-0.25, -0.2) is 9.78 Å². The van der Waals surface area contributed by atoms with Gasteiger partial charge in [-0.2, -0.15) is 0 Å². The van der Waals surface area contributed by atoms with E-state index in [2.05, 4.69) is 10.3 Å². The van der Waals surface area contributed by atoms with E-state index in [4.69, 9.17) is 4.42 Å². The predicted molar refractivity (Wildman–Crippen MR) is 84.1 cm³/mol. The van der Waals surface area contributed by atoms with Crippen molar-refractivity contribution in [1.29, 1.82) is 0 Å². The van der Waals surface area contributed by atoms with Crippen LogP contribution in [0.25, 0.3) is 10.6 Å². The number of nitrogens with zero attached hydrogens (tertiary/aromatic N) is 1. The number of nitrogens with one attached hydrogen (secondary N) is 1. The first-order valence-electron chi connectivity index (χ1n) is 6.73. The number of thiophene rings is 1. The number of amides is 1. The molecule has 0 aliphatic rings. The van der Waals surface area contributed by atoms with Crippen LogP contribution < -0.4 is 5.32 Å². The second-order valence-corrected chi connectivity index (χ2v) is 5.61. The van der Waals surface area contributed by atoms with Gasteiger partial charge in [-0.05, 0) is 17.0 Å². The highest BCUT2D eigenvalue weighted by molar-refractivity contribution is 7.13. The van der Waals surface area contributed by atoms with E-state index in [-0.39, 0.29) is 5.69 Å². The lowest BCUT2D eigenvalue weighted by atomic mass is 10.1. The van der Waals surface area contributed by atoms with Crippen LogP contribution in [0.1, 0.15) is 22.1 Å². The molecule has 1 amide bonds. The van der Waals surface area contributed by atoms with E-state index in [0.717, 1.165) is 4.88 Å². The maximum atomic E-state index is 12.4. The molecule has 3 rings (SSSR count). The van der Waals surface area contributed by atoms with Gasteiger partial charge in [0.15, 0.2) is 23.9 Å². The van der Waals surface area contributed by atoms with Crippen LogP contribution in [0, 0.1) is 0 Å². The number of aromatic nitrogens is 1. The quantitative estimate of drug-likeness (QED) is 0.751. The summed E-state index contributed by atoms with van der Waals surface area (Å²) in [5.41, 5.74) is 0.546. The Morgan fingerprint density at radius 1 is 1.17 bits per heavy atom. The standard InChI is InChI=1S/C16H12N2O4S/c19-15(13-14(22-9-17-13)11-7-4-8-23-11)18-12(16(20)21)10-5-2-1-3-6-10/h1-9,12H,(H,18,19)(H,20,21)/t12-/m1/s1. The van der Waals surface area contributed by atoms with Gasteiger partial charge in [-0.15, -0.1) is 11.3 Å². The van der Waals surface area contributed by atoms with Crippen molar-refractivity contribution in [2.45, 2.75) is 6.04 Å². The normalized spacial score (nSPS) is 11.8. The van der Waals surface area contributed by atoms with Crippen molar-refractivity contribution >= 4 is 23.2 Å². The number of rotatable bonds is 5. The molecule has 0 spiro atoms. The van der Waals surface area contributed by atoms with Gasteiger partial charge in [0, 0.05) is 0 Å². The van der Waals surface area contributed by atoms with Crippen molar-refractivity contribution in [2.24, 2.45) is 0 Å². The lowest BCUT2D eigenvalue weighted by Gasteiger charge is -2.14. The molecule has 116 valence electrons. The van der Waals surface area contributed by atoms with Gasteiger partial charge in [0.1, 0.15) is 0 Å². The lowest BCUT2D eigenvalue weighted by Crippen LogP contribution is -2.34. The molecule has 1 atom stereocenters. The maximum absolute atomic E-state index is 12.4. The molecule has 0 unspecified atom stereocenters. The van der Waals surface area contributed by atoms with Crippen molar-refractivity contribution in [1.82, 2.24) is 10.3 Å². The SMILES string of the molecule is O=C(N[C@@H](C(=O)O)c1ccccc1)c1ncoc1-c1cccs1.